The van der Waals surface area contributed by atoms with Crippen molar-refractivity contribution in [3.05, 3.63) is 11.6 Å². The number of hydrogen-bond donors (Lipinski definition) is 1. The van der Waals surface area contributed by atoms with E-state index in [1.165, 1.54) is 11.6 Å². The molecular weight excluding hydrogens is 115 g/mol. The molecule has 7 heavy (non-hydrogen) atoms. The van der Waals surface area contributed by atoms with Crippen LogP contribution < -0.4 is 0 Å². The molecule has 0 aromatic carbocycles. The van der Waals surface area contributed by atoms with Gasteiger partial charge in [-0.2, -0.15) is 0 Å². The molecule has 0 aliphatic rings. The lowest BCUT2D eigenvalue weighted by Crippen LogP contribution is -1.88. The van der Waals surface area contributed by atoms with Crippen LogP contribution in [0.25, 0.3) is 0 Å². The molecule has 0 saturated carbocycles. The summed E-state index contributed by atoms with van der Waals surface area (Å²) in [6.45, 7) is 0. The molecule has 1 N–H and O–H groups in total. The van der Waals surface area contributed by atoms with Gasteiger partial charge in [0, 0.05) is 5.54 Å². The Balaban J connectivity index is 3.14. The molecule has 40 valence electrons. The Morgan fingerprint density at radius 2 is 2.43 bits per heavy atom. The zero-order chi connectivity index (χ0) is 5.70. The normalized spacial score (nSPS) is 9.86. The second-order valence-electron chi connectivity index (χ2n) is 0.960. The fourth-order valence-corrected chi connectivity index (χ4v) is 0.234. The van der Waals surface area contributed by atoms with Crippen LogP contribution in [-0.2, 0) is 4.79 Å². The van der Waals surface area contributed by atoms with Crippen LogP contribution in [0.2, 0.25) is 0 Å². The van der Waals surface area contributed by atoms with Gasteiger partial charge in [-0.25, -0.2) is 0 Å². The minimum absolute atomic E-state index is 0.00347. The van der Waals surface area contributed by atoms with Crippen LogP contribution in [0.4, 0.5) is 0 Å². The summed E-state index contributed by atoms with van der Waals surface area (Å²) in [4.78, 5) is 9.65. The highest BCUT2D eigenvalue weighted by Crippen LogP contribution is 1.83. The molecule has 0 fully saturated rings. The highest BCUT2D eigenvalue weighted by molar-refractivity contribution is 6.25. The van der Waals surface area contributed by atoms with E-state index >= 15 is 0 Å². The maximum Gasteiger partial charge on any atom is 0.307 e. The molecule has 0 heterocycles. The third-order valence-electron chi connectivity index (χ3n) is 0.382. The molecule has 0 amide bonds. The first-order valence-electron chi connectivity index (χ1n) is 1.74. The minimum atomic E-state index is -0.864. The topological polar surface area (TPSA) is 37.3 Å². The van der Waals surface area contributed by atoms with E-state index in [2.05, 4.69) is 0 Å². The molecule has 0 bridgehead atoms. The van der Waals surface area contributed by atoms with Crippen LogP contribution in [0.1, 0.15) is 6.42 Å². The van der Waals surface area contributed by atoms with Crippen LogP contribution in [-0.4, -0.2) is 11.1 Å². The zero-order valence-corrected chi connectivity index (χ0v) is 4.35. The van der Waals surface area contributed by atoms with E-state index in [4.69, 9.17) is 16.7 Å². The second-order valence-corrected chi connectivity index (χ2v) is 1.21. The van der Waals surface area contributed by atoms with E-state index in [1.807, 2.05) is 0 Å². The number of carboxylic acids is 1. The van der Waals surface area contributed by atoms with Crippen LogP contribution in [0.3, 0.4) is 0 Å². The number of halogens is 1. The Hall–Kier alpha value is -0.500. The molecule has 0 atom stereocenters. The SMILES string of the molecule is O=C(O)C/C=C\Cl. The van der Waals surface area contributed by atoms with Crippen molar-refractivity contribution in [1.29, 1.82) is 0 Å². The summed E-state index contributed by atoms with van der Waals surface area (Å²) in [7, 11) is 0. The third kappa shape index (κ3) is 5.50. The Morgan fingerprint density at radius 1 is 1.86 bits per heavy atom. The molecule has 0 rings (SSSR count). The lowest BCUT2D eigenvalue weighted by atomic mass is 10.4. The first-order valence-corrected chi connectivity index (χ1v) is 2.18. The maximum atomic E-state index is 9.65. The van der Waals surface area contributed by atoms with E-state index in [0.29, 0.717) is 0 Å². The van der Waals surface area contributed by atoms with Crippen molar-refractivity contribution >= 4 is 17.6 Å². The molecule has 0 radical (unpaired) electrons. The van der Waals surface area contributed by atoms with Crippen molar-refractivity contribution in [2.75, 3.05) is 0 Å². The average Bonchev–Trinajstić information content (AvgIpc) is 1.61. The van der Waals surface area contributed by atoms with Crippen molar-refractivity contribution in [2.24, 2.45) is 0 Å². The summed E-state index contributed by atoms with van der Waals surface area (Å²) >= 11 is 5.00. The number of carboxylic acid groups (broad SMARTS) is 1. The van der Waals surface area contributed by atoms with Gasteiger partial charge < -0.3 is 5.11 Å². The second kappa shape index (κ2) is 3.68. The zero-order valence-electron chi connectivity index (χ0n) is 3.60. The van der Waals surface area contributed by atoms with Gasteiger partial charge in [0.1, 0.15) is 0 Å². The van der Waals surface area contributed by atoms with Crippen LogP contribution in [0, 0.1) is 0 Å². The molecule has 0 unspecified atom stereocenters. The predicted molar refractivity (Wildman–Crippen MR) is 27.2 cm³/mol. The molecule has 0 saturated heterocycles. The molecule has 0 aromatic heterocycles. The van der Waals surface area contributed by atoms with Gasteiger partial charge in [-0.15, -0.1) is 0 Å². The van der Waals surface area contributed by atoms with E-state index in [-0.39, 0.29) is 6.42 Å². The minimum Gasteiger partial charge on any atom is -0.481 e. The number of aliphatic carboxylic acids is 1. The van der Waals surface area contributed by atoms with Gasteiger partial charge in [-0.1, -0.05) is 17.7 Å². The Kier molecular flexibility index (Phi) is 3.42. The predicted octanol–water partition coefficient (Wildman–Crippen LogP) is 1.21. The van der Waals surface area contributed by atoms with Crippen molar-refractivity contribution in [2.45, 2.75) is 6.42 Å². The van der Waals surface area contributed by atoms with Gasteiger partial charge in [0.15, 0.2) is 0 Å². The maximum absolute atomic E-state index is 9.65. The summed E-state index contributed by atoms with van der Waals surface area (Å²) in [5, 5.41) is 7.93. The van der Waals surface area contributed by atoms with Gasteiger partial charge in [0.05, 0.1) is 6.42 Å². The van der Waals surface area contributed by atoms with Crippen LogP contribution in [0.15, 0.2) is 11.6 Å². The number of rotatable bonds is 2. The smallest absolute Gasteiger partial charge is 0.307 e. The quantitative estimate of drug-likeness (QED) is 0.595. The molecule has 2 nitrogen and oxygen atoms in total. The highest BCUT2D eigenvalue weighted by atomic mass is 35.5. The van der Waals surface area contributed by atoms with Gasteiger partial charge in [-0.05, 0) is 0 Å². The lowest BCUT2D eigenvalue weighted by molar-refractivity contribution is -0.135. The molecule has 0 spiro atoms. The fourth-order valence-electron chi connectivity index (χ4n) is 0.145. The first kappa shape index (κ1) is 6.50. The summed E-state index contributed by atoms with van der Waals surface area (Å²) in [6.07, 6.45) is 1.37. The Labute approximate surface area is 46.4 Å². The lowest BCUT2D eigenvalue weighted by Gasteiger charge is -1.76. The first-order chi connectivity index (χ1) is 3.27. The molecular formula is C4H5ClO2. The van der Waals surface area contributed by atoms with E-state index in [0.717, 1.165) is 0 Å². The van der Waals surface area contributed by atoms with Crippen LogP contribution >= 0.6 is 11.6 Å². The summed E-state index contributed by atoms with van der Waals surface area (Å²) < 4.78 is 0. The number of carbonyl (C=O) groups is 1. The monoisotopic (exact) mass is 120 g/mol. The average molecular weight is 121 g/mol. The molecule has 0 aliphatic heterocycles. The molecule has 0 aromatic rings. The van der Waals surface area contributed by atoms with Crippen LogP contribution in [0.5, 0.6) is 0 Å². The Morgan fingerprint density at radius 3 is 2.57 bits per heavy atom. The molecule has 3 heteroatoms. The van der Waals surface area contributed by atoms with E-state index < -0.39 is 5.97 Å². The fraction of sp³-hybridized carbons (Fsp3) is 0.250. The molecule has 0 aliphatic carbocycles. The van der Waals surface area contributed by atoms with E-state index in [1.54, 1.807) is 0 Å². The van der Waals surface area contributed by atoms with Crippen molar-refractivity contribution in [3.63, 3.8) is 0 Å². The number of hydrogen-bond acceptors (Lipinski definition) is 1. The summed E-state index contributed by atoms with van der Waals surface area (Å²) in [5.74, 6) is -0.864. The van der Waals surface area contributed by atoms with Gasteiger partial charge >= 0.3 is 5.97 Å². The summed E-state index contributed by atoms with van der Waals surface area (Å²) in [5.41, 5.74) is 1.19. The van der Waals surface area contributed by atoms with Crippen molar-refractivity contribution in [1.82, 2.24) is 0 Å². The standard InChI is InChI=1S/C4H5ClO2/c5-3-1-2-4(6)7/h1,3H,2H2,(H,6,7)/b3-1-. The highest BCUT2D eigenvalue weighted by Gasteiger charge is 1.85. The summed E-state index contributed by atoms with van der Waals surface area (Å²) in [6, 6.07) is 0. The van der Waals surface area contributed by atoms with Crippen molar-refractivity contribution < 1.29 is 9.90 Å². The third-order valence-corrected chi connectivity index (χ3v) is 0.560. The van der Waals surface area contributed by atoms with Gasteiger partial charge in [-0.3, -0.25) is 4.79 Å². The van der Waals surface area contributed by atoms with Gasteiger partial charge in [0.25, 0.3) is 0 Å². The largest absolute Gasteiger partial charge is 0.481 e. The van der Waals surface area contributed by atoms with Gasteiger partial charge in [0.2, 0.25) is 0 Å². The Bertz CT molecular complexity index is 87.7. The van der Waals surface area contributed by atoms with Crippen molar-refractivity contribution in [3.8, 4) is 0 Å². The van der Waals surface area contributed by atoms with E-state index in [9.17, 15) is 4.79 Å².